The zero-order valence-corrected chi connectivity index (χ0v) is 12.8. The molecule has 108 valence electrons. The summed E-state index contributed by atoms with van der Waals surface area (Å²) in [5.74, 6) is 0.554. The van der Waals surface area contributed by atoms with Crippen LogP contribution in [0.4, 0.5) is 11.4 Å². The molecule has 0 aliphatic rings. The van der Waals surface area contributed by atoms with E-state index in [4.69, 9.17) is 5.73 Å². The molecule has 0 aliphatic carbocycles. The number of rotatable bonds is 7. The van der Waals surface area contributed by atoms with E-state index in [9.17, 15) is 8.42 Å². The van der Waals surface area contributed by atoms with Gasteiger partial charge in [-0.2, -0.15) is 0 Å². The van der Waals surface area contributed by atoms with Crippen LogP contribution in [0.1, 0.15) is 33.6 Å². The molecule has 0 saturated carbocycles. The summed E-state index contributed by atoms with van der Waals surface area (Å²) in [5.41, 5.74) is 6.98. The average molecular weight is 284 g/mol. The van der Waals surface area contributed by atoms with Crippen LogP contribution in [-0.2, 0) is 10.0 Å². The topological polar surface area (TPSA) is 63.4 Å². The van der Waals surface area contributed by atoms with Crippen molar-refractivity contribution >= 4 is 21.4 Å². The molecule has 0 radical (unpaired) electrons. The van der Waals surface area contributed by atoms with E-state index >= 15 is 0 Å². The van der Waals surface area contributed by atoms with Crippen molar-refractivity contribution in [3.63, 3.8) is 0 Å². The van der Waals surface area contributed by atoms with Crippen LogP contribution in [-0.4, -0.2) is 20.7 Å². The van der Waals surface area contributed by atoms with E-state index in [1.165, 1.54) is 4.31 Å². The molecule has 1 aromatic carbocycles. The largest absolute Gasteiger partial charge is 0.399 e. The normalized spacial score (nSPS) is 11.8. The van der Waals surface area contributed by atoms with Gasteiger partial charge in [-0.15, -0.1) is 0 Å². The van der Waals surface area contributed by atoms with Crippen LogP contribution in [0.3, 0.4) is 0 Å². The molecule has 2 N–H and O–H groups in total. The van der Waals surface area contributed by atoms with Crippen molar-refractivity contribution in [1.29, 1.82) is 0 Å². The summed E-state index contributed by atoms with van der Waals surface area (Å²) in [6.07, 6.45) is 1.45. The average Bonchev–Trinajstić information content (AvgIpc) is 2.33. The van der Waals surface area contributed by atoms with Crippen LogP contribution >= 0.6 is 0 Å². The van der Waals surface area contributed by atoms with Crippen LogP contribution in [0.5, 0.6) is 0 Å². The van der Waals surface area contributed by atoms with E-state index in [2.05, 4.69) is 0 Å². The highest BCUT2D eigenvalue weighted by Gasteiger charge is 2.22. The number of hydrogen-bond donors (Lipinski definition) is 1. The van der Waals surface area contributed by atoms with E-state index in [-0.39, 0.29) is 5.75 Å². The lowest BCUT2D eigenvalue weighted by Gasteiger charge is -2.24. The minimum Gasteiger partial charge on any atom is -0.399 e. The third-order valence-corrected chi connectivity index (χ3v) is 4.69. The van der Waals surface area contributed by atoms with E-state index < -0.39 is 10.0 Å². The molecule has 1 rings (SSSR count). The summed E-state index contributed by atoms with van der Waals surface area (Å²) < 4.78 is 26.3. The number of nitrogen functional groups attached to an aromatic ring is 1. The van der Waals surface area contributed by atoms with Gasteiger partial charge in [-0.25, -0.2) is 8.42 Å². The SMILES string of the molecule is CCCN(c1cccc(N)c1)S(=O)(=O)CCC(C)C. The van der Waals surface area contributed by atoms with Crippen LogP contribution in [0.25, 0.3) is 0 Å². The zero-order valence-electron chi connectivity index (χ0n) is 12.0. The van der Waals surface area contributed by atoms with Gasteiger partial charge >= 0.3 is 0 Å². The van der Waals surface area contributed by atoms with Crippen molar-refractivity contribution < 1.29 is 8.42 Å². The number of hydrogen-bond acceptors (Lipinski definition) is 3. The number of nitrogens with two attached hydrogens (primary N) is 1. The van der Waals surface area contributed by atoms with Crippen molar-refractivity contribution in [2.75, 3.05) is 22.3 Å². The second kappa shape index (κ2) is 6.80. The summed E-state index contributed by atoms with van der Waals surface area (Å²) in [5, 5.41) is 0. The Morgan fingerprint density at radius 1 is 1.32 bits per heavy atom. The van der Waals surface area contributed by atoms with E-state index in [1.807, 2.05) is 20.8 Å². The van der Waals surface area contributed by atoms with E-state index in [0.717, 1.165) is 6.42 Å². The molecule has 0 fully saturated rings. The van der Waals surface area contributed by atoms with Gasteiger partial charge in [-0.1, -0.05) is 26.8 Å². The summed E-state index contributed by atoms with van der Waals surface area (Å²) in [6, 6.07) is 7.04. The van der Waals surface area contributed by atoms with Crippen LogP contribution < -0.4 is 10.0 Å². The molecule has 0 unspecified atom stereocenters. The fourth-order valence-corrected chi connectivity index (χ4v) is 3.69. The fraction of sp³-hybridized carbons (Fsp3) is 0.571. The predicted octanol–water partition coefficient (Wildman–Crippen LogP) is 2.86. The van der Waals surface area contributed by atoms with Gasteiger partial charge in [0.1, 0.15) is 0 Å². The van der Waals surface area contributed by atoms with Crippen molar-refractivity contribution in [1.82, 2.24) is 0 Å². The van der Waals surface area contributed by atoms with Gasteiger partial charge in [0.25, 0.3) is 0 Å². The first kappa shape index (κ1) is 15.8. The van der Waals surface area contributed by atoms with Crippen molar-refractivity contribution in [2.24, 2.45) is 5.92 Å². The molecular formula is C14H24N2O2S. The maximum atomic E-state index is 12.4. The summed E-state index contributed by atoms with van der Waals surface area (Å²) >= 11 is 0. The highest BCUT2D eigenvalue weighted by molar-refractivity contribution is 7.92. The molecule has 0 aliphatic heterocycles. The molecular weight excluding hydrogens is 260 g/mol. The Hall–Kier alpha value is -1.23. The van der Waals surface area contributed by atoms with Gasteiger partial charge in [-0.05, 0) is 37.0 Å². The van der Waals surface area contributed by atoms with Crippen molar-refractivity contribution in [3.8, 4) is 0 Å². The lowest BCUT2D eigenvalue weighted by Crippen LogP contribution is -2.34. The lowest BCUT2D eigenvalue weighted by atomic mass is 10.2. The Labute approximate surface area is 116 Å². The number of sulfonamides is 1. The highest BCUT2D eigenvalue weighted by Crippen LogP contribution is 2.22. The van der Waals surface area contributed by atoms with Gasteiger partial charge in [-0.3, -0.25) is 4.31 Å². The Morgan fingerprint density at radius 2 is 2.00 bits per heavy atom. The molecule has 1 aromatic rings. The first-order valence-corrected chi connectivity index (χ1v) is 8.33. The van der Waals surface area contributed by atoms with Crippen molar-refractivity contribution in [3.05, 3.63) is 24.3 Å². The monoisotopic (exact) mass is 284 g/mol. The minimum absolute atomic E-state index is 0.180. The van der Waals surface area contributed by atoms with Gasteiger partial charge in [0.2, 0.25) is 10.0 Å². The number of benzene rings is 1. The Bertz CT molecular complexity index is 498. The van der Waals surface area contributed by atoms with Crippen molar-refractivity contribution in [2.45, 2.75) is 33.6 Å². The molecule has 5 heteroatoms. The van der Waals surface area contributed by atoms with Crippen LogP contribution in [0.2, 0.25) is 0 Å². The maximum absolute atomic E-state index is 12.4. The third-order valence-electron chi connectivity index (χ3n) is 2.87. The molecule has 4 nitrogen and oxygen atoms in total. The molecule has 0 amide bonds. The highest BCUT2D eigenvalue weighted by atomic mass is 32.2. The zero-order chi connectivity index (χ0) is 14.5. The standard InChI is InChI=1S/C14H24N2O2S/c1-4-9-16(14-7-5-6-13(15)11-14)19(17,18)10-8-12(2)3/h5-7,11-12H,4,8-10,15H2,1-3H3. The van der Waals surface area contributed by atoms with Crippen LogP contribution in [0, 0.1) is 5.92 Å². The first-order valence-electron chi connectivity index (χ1n) is 6.72. The molecule has 0 heterocycles. The quantitative estimate of drug-likeness (QED) is 0.783. The van der Waals surface area contributed by atoms with E-state index in [1.54, 1.807) is 24.3 Å². The predicted molar refractivity (Wildman–Crippen MR) is 81.7 cm³/mol. The fourth-order valence-electron chi connectivity index (χ4n) is 1.81. The number of nitrogens with zero attached hydrogens (tertiary/aromatic N) is 1. The minimum atomic E-state index is -3.27. The molecule has 0 aromatic heterocycles. The van der Waals surface area contributed by atoms with E-state index in [0.29, 0.717) is 30.3 Å². The molecule has 0 saturated heterocycles. The Balaban J connectivity index is 2.99. The third kappa shape index (κ3) is 4.74. The smallest absolute Gasteiger partial charge is 0.235 e. The molecule has 0 bridgehead atoms. The van der Waals surface area contributed by atoms with Crippen LogP contribution in [0.15, 0.2) is 24.3 Å². The first-order chi connectivity index (χ1) is 8.86. The maximum Gasteiger partial charge on any atom is 0.235 e. The molecule has 19 heavy (non-hydrogen) atoms. The molecule has 0 atom stereocenters. The van der Waals surface area contributed by atoms with Gasteiger partial charge in [0.15, 0.2) is 0 Å². The van der Waals surface area contributed by atoms with Gasteiger partial charge in [0, 0.05) is 12.2 Å². The van der Waals surface area contributed by atoms with Gasteiger partial charge < -0.3 is 5.73 Å². The summed E-state index contributed by atoms with van der Waals surface area (Å²) in [7, 11) is -3.27. The molecule has 0 spiro atoms. The second-order valence-corrected chi connectivity index (χ2v) is 7.18. The Morgan fingerprint density at radius 3 is 2.53 bits per heavy atom. The summed E-state index contributed by atoms with van der Waals surface area (Å²) in [4.78, 5) is 0. The van der Waals surface area contributed by atoms with Gasteiger partial charge in [0.05, 0.1) is 11.4 Å². The summed E-state index contributed by atoms with van der Waals surface area (Å²) in [6.45, 7) is 6.52. The lowest BCUT2D eigenvalue weighted by molar-refractivity contribution is 0.569. The second-order valence-electron chi connectivity index (χ2n) is 5.17. The number of anilines is 2. The Kier molecular flexibility index (Phi) is 5.66.